The van der Waals surface area contributed by atoms with Crippen LogP contribution in [0.1, 0.15) is 31.2 Å². The van der Waals surface area contributed by atoms with Crippen molar-refractivity contribution in [2.24, 2.45) is 0 Å². The largest absolute Gasteiger partial charge is 0.340 e. The Morgan fingerprint density at radius 1 is 1.04 bits per heavy atom. The Morgan fingerprint density at radius 3 is 2.44 bits per heavy atom. The standard InChI is InChI=1S/C20H19ClN4O2/c21-16-10-8-15(9-11-16)20(12-4-5-13-20)18(26)23-24-19-22-17(25-27-19)14-6-2-1-3-7-14/h1-3,6-11H,4-5,12-13H2,(H,23,26)(H,22,24,25). The van der Waals surface area contributed by atoms with Gasteiger partial charge in [0.2, 0.25) is 11.7 Å². The fourth-order valence-corrected chi connectivity index (χ4v) is 3.73. The normalized spacial score (nSPS) is 15.4. The van der Waals surface area contributed by atoms with Gasteiger partial charge in [-0.25, -0.2) is 5.43 Å². The topological polar surface area (TPSA) is 80.0 Å². The van der Waals surface area contributed by atoms with E-state index >= 15 is 0 Å². The predicted octanol–water partition coefficient (Wildman–Crippen LogP) is 4.35. The molecule has 0 saturated heterocycles. The van der Waals surface area contributed by atoms with Gasteiger partial charge in [-0.15, -0.1) is 0 Å². The minimum Gasteiger partial charge on any atom is -0.313 e. The first-order valence-corrected chi connectivity index (χ1v) is 9.27. The highest BCUT2D eigenvalue weighted by Crippen LogP contribution is 2.41. The molecular formula is C20H19ClN4O2. The van der Waals surface area contributed by atoms with Crippen LogP contribution >= 0.6 is 11.6 Å². The van der Waals surface area contributed by atoms with Crippen molar-refractivity contribution < 1.29 is 9.32 Å². The van der Waals surface area contributed by atoms with Crippen LogP contribution in [0.15, 0.2) is 59.1 Å². The number of hydrazine groups is 1. The number of benzene rings is 2. The molecule has 7 heteroatoms. The fourth-order valence-electron chi connectivity index (χ4n) is 3.60. The second-order valence-electron chi connectivity index (χ2n) is 6.66. The maximum absolute atomic E-state index is 13.0. The highest BCUT2D eigenvalue weighted by Gasteiger charge is 2.42. The Kier molecular flexibility index (Phi) is 4.81. The van der Waals surface area contributed by atoms with Gasteiger partial charge >= 0.3 is 6.01 Å². The van der Waals surface area contributed by atoms with Gasteiger partial charge in [0.05, 0.1) is 5.41 Å². The van der Waals surface area contributed by atoms with Crippen LogP contribution < -0.4 is 10.9 Å². The Morgan fingerprint density at radius 2 is 1.74 bits per heavy atom. The van der Waals surface area contributed by atoms with Crippen molar-refractivity contribution in [3.05, 3.63) is 65.2 Å². The van der Waals surface area contributed by atoms with Gasteiger partial charge in [-0.3, -0.25) is 10.2 Å². The summed E-state index contributed by atoms with van der Waals surface area (Å²) in [6.45, 7) is 0. The molecule has 0 radical (unpaired) electrons. The molecule has 6 nitrogen and oxygen atoms in total. The zero-order chi connectivity index (χ0) is 18.7. The van der Waals surface area contributed by atoms with E-state index in [0.717, 1.165) is 36.8 Å². The number of anilines is 1. The third-order valence-corrected chi connectivity index (χ3v) is 5.28. The van der Waals surface area contributed by atoms with Crippen LogP contribution in [0.3, 0.4) is 0 Å². The summed E-state index contributed by atoms with van der Waals surface area (Å²) in [7, 11) is 0. The zero-order valence-corrected chi connectivity index (χ0v) is 15.4. The molecule has 1 amide bonds. The summed E-state index contributed by atoms with van der Waals surface area (Å²) in [5, 5.41) is 4.59. The molecule has 2 aromatic carbocycles. The van der Waals surface area contributed by atoms with Crippen molar-refractivity contribution in [1.29, 1.82) is 0 Å². The Balaban J connectivity index is 1.48. The lowest BCUT2D eigenvalue weighted by atomic mass is 9.78. The maximum Gasteiger partial charge on any atom is 0.340 e. The van der Waals surface area contributed by atoms with E-state index in [4.69, 9.17) is 16.1 Å². The van der Waals surface area contributed by atoms with E-state index in [1.807, 2.05) is 54.6 Å². The van der Waals surface area contributed by atoms with Gasteiger partial charge < -0.3 is 4.52 Å². The molecule has 1 aliphatic rings. The lowest BCUT2D eigenvalue weighted by Crippen LogP contribution is -2.45. The van der Waals surface area contributed by atoms with Crippen LogP contribution in [-0.2, 0) is 10.2 Å². The molecule has 1 fully saturated rings. The smallest absolute Gasteiger partial charge is 0.313 e. The molecule has 138 valence electrons. The second kappa shape index (κ2) is 7.40. The van der Waals surface area contributed by atoms with Gasteiger partial charge in [0.25, 0.3) is 0 Å². The van der Waals surface area contributed by atoms with Crippen molar-refractivity contribution in [2.75, 3.05) is 5.43 Å². The SMILES string of the molecule is O=C(NNc1nc(-c2ccccc2)no1)C1(c2ccc(Cl)cc2)CCCC1. The van der Waals surface area contributed by atoms with Gasteiger partial charge in [0, 0.05) is 10.6 Å². The van der Waals surface area contributed by atoms with Crippen LogP contribution in [0.4, 0.5) is 6.01 Å². The molecule has 1 aliphatic carbocycles. The van der Waals surface area contributed by atoms with Crippen LogP contribution in [0.2, 0.25) is 5.02 Å². The molecule has 0 unspecified atom stereocenters. The Hall–Kier alpha value is -2.86. The molecule has 0 aliphatic heterocycles. The first-order chi connectivity index (χ1) is 13.2. The van der Waals surface area contributed by atoms with Crippen LogP contribution in [0.25, 0.3) is 11.4 Å². The monoisotopic (exact) mass is 382 g/mol. The molecule has 1 saturated carbocycles. The summed E-state index contributed by atoms with van der Waals surface area (Å²) >= 11 is 6.00. The molecular weight excluding hydrogens is 364 g/mol. The second-order valence-corrected chi connectivity index (χ2v) is 7.10. The number of aromatic nitrogens is 2. The number of carbonyl (C=O) groups is 1. The fraction of sp³-hybridized carbons (Fsp3) is 0.250. The number of nitrogens with one attached hydrogen (secondary N) is 2. The van der Waals surface area contributed by atoms with Crippen LogP contribution in [0.5, 0.6) is 0 Å². The van der Waals surface area contributed by atoms with Crippen molar-refractivity contribution in [3.8, 4) is 11.4 Å². The molecule has 0 bridgehead atoms. The van der Waals surface area contributed by atoms with Gasteiger partial charge in [0.15, 0.2) is 0 Å². The third-order valence-electron chi connectivity index (χ3n) is 5.03. The molecule has 2 N–H and O–H groups in total. The zero-order valence-electron chi connectivity index (χ0n) is 14.6. The number of amides is 1. The van der Waals surface area contributed by atoms with E-state index in [9.17, 15) is 4.79 Å². The average molecular weight is 383 g/mol. The summed E-state index contributed by atoms with van der Waals surface area (Å²) in [6, 6.07) is 17.1. The minimum absolute atomic E-state index is 0.109. The van der Waals surface area contributed by atoms with Crippen molar-refractivity contribution in [3.63, 3.8) is 0 Å². The van der Waals surface area contributed by atoms with Crippen molar-refractivity contribution in [1.82, 2.24) is 15.6 Å². The van der Waals surface area contributed by atoms with E-state index in [0.29, 0.717) is 10.8 Å². The molecule has 3 aromatic rings. The first kappa shape index (κ1) is 17.5. The number of carbonyl (C=O) groups excluding carboxylic acids is 1. The number of hydrogen-bond donors (Lipinski definition) is 2. The molecule has 1 aromatic heterocycles. The highest BCUT2D eigenvalue weighted by molar-refractivity contribution is 6.30. The summed E-state index contributed by atoms with van der Waals surface area (Å²) in [6.07, 6.45) is 3.60. The molecule has 27 heavy (non-hydrogen) atoms. The van der Waals surface area contributed by atoms with Gasteiger partial charge in [-0.1, -0.05) is 72.1 Å². The third kappa shape index (κ3) is 3.53. The van der Waals surface area contributed by atoms with Gasteiger partial charge in [-0.2, -0.15) is 4.98 Å². The average Bonchev–Trinajstić information content (AvgIpc) is 3.38. The van der Waals surface area contributed by atoms with E-state index < -0.39 is 5.41 Å². The number of rotatable bonds is 5. The maximum atomic E-state index is 13.0. The number of hydrogen-bond acceptors (Lipinski definition) is 5. The highest BCUT2D eigenvalue weighted by atomic mass is 35.5. The van der Waals surface area contributed by atoms with Gasteiger partial charge in [-0.05, 0) is 30.5 Å². The van der Waals surface area contributed by atoms with Gasteiger partial charge in [0.1, 0.15) is 0 Å². The number of nitrogens with zero attached hydrogens (tertiary/aromatic N) is 2. The van der Waals surface area contributed by atoms with E-state index in [2.05, 4.69) is 21.0 Å². The number of halogens is 1. The van der Waals surface area contributed by atoms with Crippen molar-refractivity contribution >= 4 is 23.5 Å². The minimum atomic E-state index is -0.570. The van der Waals surface area contributed by atoms with E-state index in [1.54, 1.807) is 0 Å². The molecule has 0 atom stereocenters. The van der Waals surface area contributed by atoms with Crippen LogP contribution in [0, 0.1) is 0 Å². The molecule has 1 heterocycles. The summed E-state index contributed by atoms with van der Waals surface area (Å²) in [5.74, 6) is 0.349. The lowest BCUT2D eigenvalue weighted by Gasteiger charge is -2.28. The quantitative estimate of drug-likeness (QED) is 0.641. The van der Waals surface area contributed by atoms with E-state index in [-0.39, 0.29) is 11.9 Å². The molecule has 0 spiro atoms. The molecule has 4 rings (SSSR count). The lowest BCUT2D eigenvalue weighted by molar-refractivity contribution is -0.126. The Bertz CT molecular complexity index is 919. The first-order valence-electron chi connectivity index (χ1n) is 8.89. The Labute approximate surface area is 161 Å². The van der Waals surface area contributed by atoms with Crippen LogP contribution in [-0.4, -0.2) is 16.0 Å². The van der Waals surface area contributed by atoms with E-state index in [1.165, 1.54) is 0 Å². The summed E-state index contributed by atoms with van der Waals surface area (Å²) in [5.41, 5.74) is 6.74. The predicted molar refractivity (Wildman–Crippen MR) is 103 cm³/mol. The summed E-state index contributed by atoms with van der Waals surface area (Å²) in [4.78, 5) is 17.3. The summed E-state index contributed by atoms with van der Waals surface area (Å²) < 4.78 is 5.18. The van der Waals surface area contributed by atoms with Crippen molar-refractivity contribution in [2.45, 2.75) is 31.1 Å².